The molecule has 0 radical (unpaired) electrons. The van der Waals surface area contributed by atoms with Crippen molar-refractivity contribution in [2.45, 2.75) is 26.9 Å². The molecule has 0 spiro atoms. The van der Waals surface area contributed by atoms with Crippen LogP contribution in [0.5, 0.6) is 11.5 Å². The van der Waals surface area contributed by atoms with Crippen LogP contribution in [0.3, 0.4) is 0 Å². The Morgan fingerprint density at radius 3 is 0.862 bits per heavy atom. The Bertz CT molecular complexity index is 2340. The number of phenolic OH excluding ortho intramolecular Hbond substituents is 2. The topological polar surface area (TPSA) is 53.4 Å². The third-order valence-electron chi connectivity index (χ3n) is 10.6. The molecule has 0 amide bonds. The third kappa shape index (κ3) is 14.5. The van der Waals surface area contributed by atoms with Crippen LogP contribution in [0, 0.1) is 27.7 Å². The minimum atomic E-state index is 0. The average molecular weight is 936 g/mol. The van der Waals surface area contributed by atoms with E-state index in [1.54, 1.807) is 0 Å². The zero-order valence-corrected chi connectivity index (χ0v) is 40.5. The Labute approximate surface area is 406 Å². The van der Waals surface area contributed by atoms with Crippen LogP contribution < -0.4 is 9.80 Å². The number of para-hydroxylation sites is 4. The first kappa shape index (κ1) is 49.5. The summed E-state index contributed by atoms with van der Waals surface area (Å²) >= 11 is 0. The molecule has 0 saturated carbocycles. The number of aromatic hydroxyl groups is 2. The molecular formula is C58H60N4O2Zr. The summed E-state index contributed by atoms with van der Waals surface area (Å²) < 4.78 is 0. The van der Waals surface area contributed by atoms with Gasteiger partial charge in [-0.3, -0.25) is 0 Å². The SMILES string of the molecule is Cc1cc(CN(C)CCN(C)Cc2cc(C)cc(N(c3ccccc3)c3ccccc3)c2O)c(O)c(N(c2ccccc2)c2ccccc2)c1.[CH2-]c1ccccc1.[CH2-]c1ccccc1.[Zr+2]. The predicted molar refractivity (Wildman–Crippen MR) is 270 cm³/mol. The van der Waals surface area contributed by atoms with E-state index in [0.717, 1.165) is 80.6 Å². The summed E-state index contributed by atoms with van der Waals surface area (Å²) in [6, 6.07) is 68.6. The number of likely N-dealkylation sites (N-methyl/N-ethyl adjacent to an activating group) is 2. The van der Waals surface area contributed by atoms with Crippen molar-refractivity contribution >= 4 is 34.1 Å². The van der Waals surface area contributed by atoms with Crippen molar-refractivity contribution in [1.82, 2.24) is 9.80 Å². The van der Waals surface area contributed by atoms with Gasteiger partial charge in [0.2, 0.25) is 0 Å². The van der Waals surface area contributed by atoms with E-state index < -0.39 is 0 Å². The fourth-order valence-electron chi connectivity index (χ4n) is 7.45. The molecule has 0 aromatic heterocycles. The Balaban J connectivity index is 0.000000449. The van der Waals surface area contributed by atoms with Crippen LogP contribution in [0.25, 0.3) is 0 Å². The summed E-state index contributed by atoms with van der Waals surface area (Å²) in [4.78, 5) is 8.69. The average Bonchev–Trinajstić information content (AvgIpc) is 3.31. The smallest absolute Gasteiger partial charge is 0.505 e. The number of benzene rings is 8. The number of hydrogen-bond donors (Lipinski definition) is 2. The van der Waals surface area contributed by atoms with E-state index in [0.29, 0.717) is 13.1 Å². The number of phenols is 2. The van der Waals surface area contributed by atoms with Crippen LogP contribution in [0.4, 0.5) is 34.1 Å². The van der Waals surface area contributed by atoms with E-state index in [4.69, 9.17) is 0 Å². The molecule has 0 unspecified atom stereocenters. The minimum Gasteiger partial charge on any atom is -0.505 e. The van der Waals surface area contributed by atoms with Gasteiger partial charge in [-0.15, -0.1) is 24.3 Å². The summed E-state index contributed by atoms with van der Waals surface area (Å²) in [5, 5.41) is 23.4. The maximum Gasteiger partial charge on any atom is 2.00 e. The quantitative estimate of drug-likeness (QED) is 0.112. The molecule has 0 bridgehead atoms. The molecule has 7 heteroatoms. The van der Waals surface area contributed by atoms with Crippen molar-refractivity contribution in [2.75, 3.05) is 37.0 Å². The summed E-state index contributed by atoms with van der Waals surface area (Å²) in [6.45, 7) is 14.3. The van der Waals surface area contributed by atoms with Gasteiger partial charge in [-0.25, -0.2) is 0 Å². The first-order valence-electron chi connectivity index (χ1n) is 21.6. The molecule has 0 aliphatic carbocycles. The Kier molecular flexibility index (Phi) is 19.1. The van der Waals surface area contributed by atoms with E-state index in [1.165, 1.54) is 0 Å². The van der Waals surface area contributed by atoms with Gasteiger partial charge in [0.15, 0.2) is 0 Å². The molecule has 328 valence electrons. The van der Waals surface area contributed by atoms with Crippen molar-refractivity contribution in [3.05, 3.63) is 253 Å². The molecule has 0 aliphatic heterocycles. The van der Waals surface area contributed by atoms with E-state index in [9.17, 15) is 10.2 Å². The Morgan fingerprint density at radius 2 is 0.631 bits per heavy atom. The van der Waals surface area contributed by atoms with E-state index in [-0.39, 0.29) is 37.7 Å². The summed E-state index contributed by atoms with van der Waals surface area (Å²) in [6.07, 6.45) is 0. The van der Waals surface area contributed by atoms with E-state index >= 15 is 0 Å². The second-order valence-electron chi connectivity index (χ2n) is 16.0. The fourth-order valence-corrected chi connectivity index (χ4v) is 7.45. The second kappa shape index (κ2) is 25.1. The normalized spacial score (nSPS) is 10.5. The molecule has 0 aliphatic rings. The molecule has 2 N–H and O–H groups in total. The molecule has 0 heterocycles. The molecule has 8 rings (SSSR count). The molecule has 6 nitrogen and oxygen atoms in total. The van der Waals surface area contributed by atoms with Crippen LogP contribution in [-0.2, 0) is 39.3 Å². The van der Waals surface area contributed by atoms with Crippen LogP contribution in [0.15, 0.2) is 206 Å². The minimum absolute atomic E-state index is 0. The molecular weight excluding hydrogens is 876 g/mol. The van der Waals surface area contributed by atoms with Gasteiger partial charge in [0.1, 0.15) is 11.5 Å². The first-order valence-corrected chi connectivity index (χ1v) is 21.6. The zero-order chi connectivity index (χ0) is 45.3. The van der Waals surface area contributed by atoms with Gasteiger partial charge in [0.05, 0.1) is 11.4 Å². The molecule has 0 saturated heterocycles. The van der Waals surface area contributed by atoms with Gasteiger partial charge in [0, 0.05) is 60.1 Å². The summed E-state index contributed by atoms with van der Waals surface area (Å²) in [5.41, 5.74) is 11.5. The number of aryl methyl sites for hydroxylation is 2. The van der Waals surface area contributed by atoms with E-state index in [1.807, 2.05) is 146 Å². The van der Waals surface area contributed by atoms with Crippen molar-refractivity contribution in [2.24, 2.45) is 0 Å². The number of anilines is 6. The zero-order valence-electron chi connectivity index (χ0n) is 38.1. The van der Waals surface area contributed by atoms with Crippen LogP contribution in [-0.4, -0.2) is 47.2 Å². The summed E-state index contributed by atoms with van der Waals surface area (Å²) in [7, 11) is 4.17. The Hall–Kier alpha value is -6.50. The molecule has 0 atom stereocenters. The first-order chi connectivity index (χ1) is 31.1. The maximum absolute atomic E-state index is 11.7. The molecule has 8 aromatic rings. The van der Waals surface area contributed by atoms with Crippen molar-refractivity contribution in [3.8, 4) is 11.5 Å². The van der Waals surface area contributed by atoms with Crippen LogP contribution >= 0.6 is 0 Å². The predicted octanol–water partition coefficient (Wildman–Crippen LogP) is 14.0. The maximum atomic E-state index is 11.7. The monoisotopic (exact) mass is 934 g/mol. The summed E-state index contributed by atoms with van der Waals surface area (Å²) in [5.74, 6) is 0.559. The van der Waals surface area contributed by atoms with Gasteiger partial charge < -0.3 is 29.8 Å². The van der Waals surface area contributed by atoms with Gasteiger partial charge >= 0.3 is 26.2 Å². The van der Waals surface area contributed by atoms with E-state index in [2.05, 4.69) is 122 Å². The van der Waals surface area contributed by atoms with Crippen molar-refractivity contribution < 1.29 is 36.4 Å². The molecule has 65 heavy (non-hydrogen) atoms. The van der Waals surface area contributed by atoms with Crippen molar-refractivity contribution in [3.63, 3.8) is 0 Å². The molecule has 8 aromatic carbocycles. The van der Waals surface area contributed by atoms with Gasteiger partial charge in [-0.1, -0.05) is 97.1 Å². The fraction of sp³-hybridized carbons (Fsp3) is 0.138. The van der Waals surface area contributed by atoms with Gasteiger partial charge in [-0.2, -0.15) is 49.2 Å². The van der Waals surface area contributed by atoms with Crippen LogP contribution in [0.2, 0.25) is 0 Å². The van der Waals surface area contributed by atoms with Crippen LogP contribution in [0.1, 0.15) is 33.4 Å². The second-order valence-corrected chi connectivity index (χ2v) is 16.0. The standard InChI is InChI=1S/C44H46N4O2.2C7H7.Zr/c1-33-27-35(43(49)41(29-33)47(37-17-9-5-10-18-37)38-19-11-6-12-20-38)31-45(3)25-26-46(4)32-36-28-34(2)30-42(44(36)50)48(39-21-13-7-14-22-39)40-23-15-8-16-24-40;2*1-7-5-3-2-4-6-7;/h5-24,27-30,49-50H,25-26,31-32H2,1-4H3;2*2-6H,1H2;/q;2*-1;+2. The number of hydrogen-bond acceptors (Lipinski definition) is 6. The number of nitrogens with zero attached hydrogens (tertiary/aromatic N) is 4. The van der Waals surface area contributed by atoms with Gasteiger partial charge in [0.25, 0.3) is 0 Å². The Morgan fingerprint density at radius 1 is 0.385 bits per heavy atom. The number of rotatable bonds is 13. The third-order valence-corrected chi connectivity index (χ3v) is 10.6. The largest absolute Gasteiger partial charge is 2.00 e. The van der Waals surface area contributed by atoms with Crippen molar-refractivity contribution in [1.29, 1.82) is 0 Å². The van der Waals surface area contributed by atoms with Gasteiger partial charge in [-0.05, 0) is 99.7 Å². The molecule has 0 fully saturated rings.